The van der Waals surface area contributed by atoms with Gasteiger partial charge in [-0.05, 0) is 20.8 Å². The quantitative estimate of drug-likeness (QED) is 0.695. The number of ether oxygens (including phenoxy) is 2. The topological polar surface area (TPSA) is 88.1 Å². The monoisotopic (exact) mass is 407 g/mol. The average Bonchev–Trinajstić information content (AvgIpc) is 2.64. The predicted molar refractivity (Wildman–Crippen MR) is 110 cm³/mol. The number of carbonyl (C=O) groups is 2. The van der Waals surface area contributed by atoms with Crippen molar-refractivity contribution in [2.24, 2.45) is 5.92 Å². The van der Waals surface area contributed by atoms with Crippen molar-refractivity contribution in [3.05, 3.63) is 18.1 Å². The number of rotatable bonds is 4. The number of aldehydes is 1. The third-order valence-electron chi connectivity index (χ3n) is 4.60. The highest BCUT2D eigenvalue weighted by molar-refractivity contribution is 5.71. The first-order chi connectivity index (χ1) is 13.8. The molecule has 2 aliphatic rings. The number of hydrogen-bond donors (Lipinski definition) is 0. The molecule has 29 heavy (non-hydrogen) atoms. The fourth-order valence-electron chi connectivity index (χ4n) is 3.23. The summed E-state index contributed by atoms with van der Waals surface area (Å²) in [4.78, 5) is 37.4. The lowest BCUT2D eigenvalue weighted by Gasteiger charge is -2.44. The fourth-order valence-corrected chi connectivity index (χ4v) is 3.23. The number of nitrogens with zero attached hydrogens (tertiary/aromatic N) is 5. The minimum Gasteiger partial charge on any atom is -0.444 e. The van der Waals surface area contributed by atoms with Crippen molar-refractivity contribution in [2.45, 2.75) is 26.4 Å². The molecular formula is C20H33N5O4. The number of methoxy groups -OCH3 is 1. The van der Waals surface area contributed by atoms with Gasteiger partial charge in [0.1, 0.15) is 17.1 Å². The van der Waals surface area contributed by atoms with Crippen LogP contribution in [0.2, 0.25) is 0 Å². The molecule has 2 saturated heterocycles. The number of amides is 1. The molecule has 0 bridgehead atoms. The van der Waals surface area contributed by atoms with Crippen molar-refractivity contribution in [3.8, 4) is 0 Å². The van der Waals surface area contributed by atoms with Gasteiger partial charge in [0.05, 0.1) is 12.4 Å². The highest BCUT2D eigenvalue weighted by Crippen LogP contribution is 2.23. The lowest BCUT2D eigenvalue weighted by Crippen LogP contribution is -2.56. The SMILES string of the molecule is CC(C)(C)OC(=O)N1CCN(CC2CN(c3cnc(C=O)cn3)C2)CC1.COC. The normalized spacial score (nSPS) is 17.8. The standard InChI is InChI=1S/C18H27N5O3.C2H6O/c1-18(2,3)26-17(25)22-6-4-21(5-7-22)10-14-11-23(12-14)16-9-19-15(13-24)8-20-16;1-3-2/h8-9,13-14H,4-7,10-12H2,1-3H3;1-2H3. The van der Waals surface area contributed by atoms with Gasteiger partial charge in [0.25, 0.3) is 0 Å². The molecule has 1 aromatic rings. The van der Waals surface area contributed by atoms with Gasteiger partial charge in [-0.25, -0.2) is 14.8 Å². The molecule has 0 saturated carbocycles. The van der Waals surface area contributed by atoms with E-state index in [1.54, 1.807) is 25.3 Å². The second kappa shape index (κ2) is 10.5. The van der Waals surface area contributed by atoms with Crippen LogP contribution in [-0.2, 0) is 9.47 Å². The molecular weight excluding hydrogens is 374 g/mol. The molecule has 2 fully saturated rings. The first kappa shape index (κ1) is 23.0. The van der Waals surface area contributed by atoms with Gasteiger partial charge in [0.2, 0.25) is 0 Å². The first-order valence-corrected chi connectivity index (χ1v) is 9.88. The summed E-state index contributed by atoms with van der Waals surface area (Å²) in [7, 11) is 3.25. The molecule has 0 aromatic carbocycles. The molecule has 1 aromatic heterocycles. The van der Waals surface area contributed by atoms with Gasteiger partial charge in [0, 0.05) is 66.0 Å². The van der Waals surface area contributed by atoms with Gasteiger partial charge in [-0.2, -0.15) is 0 Å². The van der Waals surface area contributed by atoms with E-state index in [0.29, 0.717) is 31.0 Å². The zero-order valence-electron chi connectivity index (χ0n) is 18.1. The van der Waals surface area contributed by atoms with Gasteiger partial charge in [-0.1, -0.05) is 0 Å². The maximum Gasteiger partial charge on any atom is 0.410 e. The molecule has 1 amide bonds. The molecule has 0 N–H and O–H groups in total. The Labute approximate surface area is 173 Å². The van der Waals surface area contributed by atoms with Gasteiger partial charge >= 0.3 is 6.09 Å². The Morgan fingerprint density at radius 3 is 2.24 bits per heavy atom. The third kappa shape index (κ3) is 7.25. The van der Waals surface area contributed by atoms with Crippen LogP contribution in [0.5, 0.6) is 0 Å². The lowest BCUT2D eigenvalue weighted by molar-refractivity contribution is 0.0129. The van der Waals surface area contributed by atoms with Crippen LogP contribution < -0.4 is 4.90 Å². The number of piperazine rings is 1. The van der Waals surface area contributed by atoms with Gasteiger partial charge < -0.3 is 19.3 Å². The Bertz CT molecular complexity index is 648. The van der Waals surface area contributed by atoms with E-state index in [1.807, 2.05) is 20.8 Å². The molecule has 0 atom stereocenters. The second-order valence-corrected chi connectivity index (χ2v) is 8.36. The van der Waals surface area contributed by atoms with E-state index in [1.165, 1.54) is 6.20 Å². The van der Waals surface area contributed by atoms with Crippen molar-refractivity contribution in [1.29, 1.82) is 0 Å². The van der Waals surface area contributed by atoms with Crippen LogP contribution in [-0.4, -0.2) is 97.8 Å². The summed E-state index contributed by atoms with van der Waals surface area (Å²) in [5.41, 5.74) is -0.0927. The van der Waals surface area contributed by atoms with Gasteiger partial charge in [-0.3, -0.25) is 9.69 Å². The summed E-state index contributed by atoms with van der Waals surface area (Å²) >= 11 is 0. The molecule has 0 radical (unpaired) electrons. The van der Waals surface area contributed by atoms with Crippen LogP contribution in [0, 0.1) is 5.92 Å². The van der Waals surface area contributed by atoms with E-state index in [-0.39, 0.29) is 6.09 Å². The van der Waals surface area contributed by atoms with E-state index in [2.05, 4.69) is 24.5 Å². The summed E-state index contributed by atoms with van der Waals surface area (Å²) < 4.78 is 9.68. The molecule has 0 spiro atoms. The van der Waals surface area contributed by atoms with E-state index < -0.39 is 5.60 Å². The number of anilines is 1. The molecule has 162 valence electrons. The van der Waals surface area contributed by atoms with Crippen molar-refractivity contribution in [2.75, 3.05) is 64.9 Å². The Morgan fingerprint density at radius 2 is 1.76 bits per heavy atom. The largest absolute Gasteiger partial charge is 0.444 e. The van der Waals surface area contributed by atoms with Gasteiger partial charge in [0.15, 0.2) is 6.29 Å². The highest BCUT2D eigenvalue weighted by atomic mass is 16.6. The van der Waals surface area contributed by atoms with Crippen molar-refractivity contribution >= 4 is 18.2 Å². The van der Waals surface area contributed by atoms with Crippen LogP contribution >= 0.6 is 0 Å². The van der Waals surface area contributed by atoms with Crippen molar-refractivity contribution < 1.29 is 19.1 Å². The first-order valence-electron chi connectivity index (χ1n) is 9.88. The Kier molecular flexibility index (Phi) is 8.33. The smallest absolute Gasteiger partial charge is 0.410 e. The van der Waals surface area contributed by atoms with E-state index in [0.717, 1.165) is 38.5 Å². The minimum atomic E-state index is -0.448. The molecule has 0 unspecified atom stereocenters. The Hall–Kier alpha value is -2.26. The average molecular weight is 408 g/mol. The number of hydrogen-bond acceptors (Lipinski definition) is 8. The summed E-state index contributed by atoms with van der Waals surface area (Å²) in [6.07, 6.45) is 3.64. The molecule has 9 nitrogen and oxygen atoms in total. The molecule has 2 aliphatic heterocycles. The van der Waals surface area contributed by atoms with Crippen molar-refractivity contribution in [1.82, 2.24) is 19.8 Å². The lowest BCUT2D eigenvalue weighted by atomic mass is 9.99. The Balaban J connectivity index is 0.000000941. The number of aromatic nitrogens is 2. The predicted octanol–water partition coefficient (Wildman–Crippen LogP) is 1.54. The van der Waals surface area contributed by atoms with Gasteiger partial charge in [-0.15, -0.1) is 0 Å². The highest BCUT2D eigenvalue weighted by Gasteiger charge is 2.32. The van der Waals surface area contributed by atoms with Crippen molar-refractivity contribution in [3.63, 3.8) is 0 Å². The zero-order chi connectivity index (χ0) is 21.4. The van der Waals surface area contributed by atoms with E-state index in [9.17, 15) is 9.59 Å². The van der Waals surface area contributed by atoms with Crippen LogP contribution in [0.4, 0.5) is 10.6 Å². The van der Waals surface area contributed by atoms with Crippen LogP contribution in [0.3, 0.4) is 0 Å². The summed E-state index contributed by atoms with van der Waals surface area (Å²) in [5, 5.41) is 0. The van der Waals surface area contributed by atoms with E-state index >= 15 is 0 Å². The van der Waals surface area contributed by atoms with Crippen LogP contribution in [0.25, 0.3) is 0 Å². The molecule has 9 heteroatoms. The fraction of sp³-hybridized carbons (Fsp3) is 0.700. The van der Waals surface area contributed by atoms with Crippen LogP contribution in [0.15, 0.2) is 12.4 Å². The maximum absolute atomic E-state index is 12.1. The summed E-state index contributed by atoms with van der Waals surface area (Å²) in [6, 6.07) is 0. The second-order valence-electron chi connectivity index (χ2n) is 8.36. The number of carbonyl (C=O) groups excluding carboxylic acids is 2. The minimum absolute atomic E-state index is 0.218. The Morgan fingerprint density at radius 1 is 1.14 bits per heavy atom. The van der Waals surface area contributed by atoms with E-state index in [4.69, 9.17) is 4.74 Å². The molecule has 3 heterocycles. The summed E-state index contributed by atoms with van der Waals surface area (Å²) in [5.74, 6) is 1.41. The summed E-state index contributed by atoms with van der Waals surface area (Å²) in [6.45, 7) is 11.8. The van der Waals surface area contributed by atoms with Crippen LogP contribution in [0.1, 0.15) is 31.3 Å². The third-order valence-corrected chi connectivity index (χ3v) is 4.60. The zero-order valence-corrected chi connectivity index (χ0v) is 18.1. The molecule has 3 rings (SSSR count). The molecule has 0 aliphatic carbocycles. The maximum atomic E-state index is 12.1.